The van der Waals surface area contributed by atoms with E-state index in [4.69, 9.17) is 5.73 Å². The summed E-state index contributed by atoms with van der Waals surface area (Å²) < 4.78 is 0. The van der Waals surface area contributed by atoms with E-state index in [1.807, 2.05) is 24.3 Å². The maximum absolute atomic E-state index is 13.6. The monoisotopic (exact) mass is 607 g/mol. The molecule has 0 spiro atoms. The summed E-state index contributed by atoms with van der Waals surface area (Å²) in [7, 11) is 0. The molecular weight excluding hydrogens is 574 g/mol. The first-order valence-corrected chi connectivity index (χ1v) is 14.1. The number of fused-ring (bicyclic) bond motifs is 1. The summed E-state index contributed by atoms with van der Waals surface area (Å²) in [5, 5.41) is 28.3. The van der Waals surface area contributed by atoms with Gasteiger partial charge in [0.25, 0.3) is 0 Å². The number of aromatic nitrogens is 3. The van der Waals surface area contributed by atoms with Gasteiger partial charge in [-0.15, -0.1) is 0 Å². The SMILES string of the molecule is NC(CS)C(=O)NC(Cc1cnc[nH]1)C(=O)NC(Cc1ccc(O)cc1)C(=O)NC(Cc1c[nH]c2ccccc12)C(=O)O. The fourth-order valence-electron chi connectivity index (χ4n) is 4.53. The van der Waals surface area contributed by atoms with Gasteiger partial charge in [0.15, 0.2) is 0 Å². The van der Waals surface area contributed by atoms with Crippen LogP contribution in [0, 0.1) is 0 Å². The maximum atomic E-state index is 13.6. The number of nitrogens with one attached hydrogen (secondary N) is 5. The van der Waals surface area contributed by atoms with Crippen molar-refractivity contribution in [3.63, 3.8) is 0 Å². The lowest BCUT2D eigenvalue weighted by Gasteiger charge is -2.25. The number of H-pyrrole nitrogens is 2. The lowest BCUT2D eigenvalue weighted by atomic mass is 10.0. The number of imidazole rings is 1. The molecule has 13 nitrogen and oxygen atoms in total. The highest BCUT2D eigenvalue weighted by Crippen LogP contribution is 2.19. The van der Waals surface area contributed by atoms with Crippen LogP contribution < -0.4 is 21.7 Å². The largest absolute Gasteiger partial charge is 0.508 e. The van der Waals surface area contributed by atoms with Crippen LogP contribution in [0.1, 0.15) is 16.8 Å². The predicted octanol–water partition coefficient (Wildman–Crippen LogP) is 0.421. The number of amides is 3. The molecule has 4 atom stereocenters. The van der Waals surface area contributed by atoms with Crippen molar-refractivity contribution in [1.29, 1.82) is 0 Å². The van der Waals surface area contributed by atoms with Gasteiger partial charge in [-0.3, -0.25) is 14.4 Å². The number of aromatic amines is 2. The normalized spacial score (nSPS) is 13.9. The number of thiol groups is 1. The number of para-hydroxylation sites is 1. The van der Waals surface area contributed by atoms with Gasteiger partial charge in [0, 0.05) is 54.0 Å². The Bertz CT molecular complexity index is 1560. The van der Waals surface area contributed by atoms with E-state index < -0.39 is 47.9 Å². The van der Waals surface area contributed by atoms with Crippen LogP contribution in [0.2, 0.25) is 0 Å². The summed E-state index contributed by atoms with van der Waals surface area (Å²) in [6, 6.07) is 8.77. The summed E-state index contributed by atoms with van der Waals surface area (Å²) in [6.45, 7) is 0. The number of carbonyl (C=O) groups is 4. The minimum absolute atomic E-state index is 0.00884. The number of aliphatic carboxylic acids is 1. The number of carboxylic acid groups (broad SMARTS) is 1. The standard InChI is InChI=1S/C29H33N7O6S/c30-21(14-43)26(38)34-24(11-18-13-31-15-33-18)28(40)35-23(9-16-5-7-19(37)8-6-16)27(39)36-25(29(41)42)10-17-12-32-22-4-2-1-3-20(17)22/h1-8,12-13,15,21,23-25,32,37,43H,9-11,14,30H2,(H,31,33)(H,34,38)(H,35,40)(H,36,39)(H,41,42). The van der Waals surface area contributed by atoms with Gasteiger partial charge in [-0.1, -0.05) is 30.3 Å². The number of nitrogens with zero attached hydrogens (tertiary/aromatic N) is 1. The first-order chi connectivity index (χ1) is 20.6. The molecule has 2 aromatic heterocycles. The summed E-state index contributed by atoms with van der Waals surface area (Å²) in [6.07, 6.45) is 4.59. The molecule has 0 aliphatic heterocycles. The quantitative estimate of drug-likeness (QED) is 0.0914. The Kier molecular flexibility index (Phi) is 10.4. The van der Waals surface area contributed by atoms with Gasteiger partial charge < -0.3 is 41.9 Å². The summed E-state index contributed by atoms with van der Waals surface area (Å²) >= 11 is 4.04. The van der Waals surface area contributed by atoms with E-state index in [1.54, 1.807) is 18.3 Å². The van der Waals surface area contributed by atoms with Gasteiger partial charge in [-0.05, 0) is 29.3 Å². The molecule has 2 heterocycles. The van der Waals surface area contributed by atoms with Crippen LogP contribution >= 0.6 is 12.6 Å². The average molecular weight is 608 g/mol. The van der Waals surface area contributed by atoms with E-state index in [0.29, 0.717) is 16.8 Å². The molecule has 0 aliphatic rings. The molecule has 43 heavy (non-hydrogen) atoms. The topological polar surface area (TPSA) is 215 Å². The molecular formula is C29H33N7O6S. The number of phenols is 1. The van der Waals surface area contributed by atoms with E-state index in [0.717, 1.165) is 10.9 Å². The van der Waals surface area contributed by atoms with Crippen molar-refractivity contribution in [3.05, 3.63) is 84.1 Å². The minimum Gasteiger partial charge on any atom is -0.508 e. The zero-order chi connectivity index (χ0) is 30.9. The Hall–Kier alpha value is -4.82. The number of carbonyl (C=O) groups excluding carboxylic acids is 3. The highest BCUT2D eigenvalue weighted by atomic mass is 32.1. The van der Waals surface area contributed by atoms with Gasteiger partial charge in [-0.2, -0.15) is 12.6 Å². The number of carboxylic acids is 1. The van der Waals surface area contributed by atoms with Crippen LogP contribution in [0.15, 0.2) is 67.3 Å². The van der Waals surface area contributed by atoms with Gasteiger partial charge in [0.05, 0.1) is 12.4 Å². The predicted molar refractivity (Wildman–Crippen MR) is 161 cm³/mol. The number of hydrogen-bond donors (Lipinski definition) is 9. The second-order valence-electron chi connectivity index (χ2n) is 10.0. The Morgan fingerprint density at radius 1 is 0.860 bits per heavy atom. The molecule has 3 amide bonds. The Morgan fingerprint density at radius 2 is 1.51 bits per heavy atom. The molecule has 14 heteroatoms. The minimum atomic E-state index is -1.31. The smallest absolute Gasteiger partial charge is 0.326 e. The van der Waals surface area contributed by atoms with Crippen molar-refractivity contribution in [2.24, 2.45) is 5.73 Å². The number of aromatic hydroxyl groups is 1. The van der Waals surface area contributed by atoms with Crippen LogP contribution in [0.4, 0.5) is 0 Å². The third-order valence-electron chi connectivity index (χ3n) is 6.87. The van der Waals surface area contributed by atoms with Crippen LogP contribution in [0.5, 0.6) is 5.75 Å². The number of rotatable bonds is 14. The van der Waals surface area contributed by atoms with E-state index in [2.05, 4.69) is 43.5 Å². The Balaban J connectivity index is 1.56. The highest BCUT2D eigenvalue weighted by Gasteiger charge is 2.31. The lowest BCUT2D eigenvalue weighted by molar-refractivity contribution is -0.142. The second kappa shape index (κ2) is 14.4. The van der Waals surface area contributed by atoms with Crippen LogP contribution in [-0.4, -0.2) is 78.8 Å². The molecule has 226 valence electrons. The Labute approximate surface area is 252 Å². The molecule has 0 bridgehead atoms. The van der Waals surface area contributed by atoms with E-state index >= 15 is 0 Å². The van der Waals surface area contributed by atoms with E-state index in [9.17, 15) is 29.4 Å². The van der Waals surface area contributed by atoms with Crippen LogP contribution in [-0.2, 0) is 38.4 Å². The molecule has 9 N–H and O–H groups in total. The number of nitrogens with two attached hydrogens (primary N) is 1. The number of benzene rings is 2. The maximum Gasteiger partial charge on any atom is 0.326 e. The average Bonchev–Trinajstić information content (AvgIpc) is 3.66. The molecule has 0 saturated heterocycles. The van der Waals surface area contributed by atoms with E-state index in [1.165, 1.54) is 24.7 Å². The van der Waals surface area contributed by atoms with Gasteiger partial charge in [-0.25, -0.2) is 9.78 Å². The van der Waals surface area contributed by atoms with E-state index in [-0.39, 0.29) is 30.8 Å². The van der Waals surface area contributed by atoms with Crippen molar-refractivity contribution >= 4 is 47.2 Å². The number of hydrogen-bond acceptors (Lipinski definition) is 8. The van der Waals surface area contributed by atoms with Gasteiger partial charge in [0.1, 0.15) is 23.9 Å². The molecule has 4 unspecified atom stereocenters. The van der Waals surface area contributed by atoms with Crippen molar-refractivity contribution < 1.29 is 29.4 Å². The molecule has 0 saturated carbocycles. The van der Waals surface area contributed by atoms with Crippen molar-refractivity contribution in [2.45, 2.75) is 43.4 Å². The molecule has 0 fully saturated rings. The van der Waals surface area contributed by atoms with Crippen LogP contribution in [0.3, 0.4) is 0 Å². The van der Waals surface area contributed by atoms with Crippen molar-refractivity contribution in [2.75, 3.05) is 5.75 Å². The number of phenolic OH excluding ortho intramolecular Hbond substituents is 1. The Morgan fingerprint density at radius 3 is 2.16 bits per heavy atom. The second-order valence-corrected chi connectivity index (χ2v) is 10.4. The molecule has 0 radical (unpaired) electrons. The first-order valence-electron chi connectivity index (χ1n) is 13.4. The highest BCUT2D eigenvalue weighted by molar-refractivity contribution is 7.80. The van der Waals surface area contributed by atoms with Crippen LogP contribution in [0.25, 0.3) is 10.9 Å². The van der Waals surface area contributed by atoms with Crippen molar-refractivity contribution in [3.8, 4) is 5.75 Å². The molecule has 0 aliphatic carbocycles. The third kappa shape index (κ3) is 8.36. The van der Waals surface area contributed by atoms with Crippen molar-refractivity contribution in [1.82, 2.24) is 30.9 Å². The first kappa shape index (κ1) is 31.1. The van der Waals surface area contributed by atoms with Gasteiger partial charge in [0.2, 0.25) is 17.7 Å². The fourth-order valence-corrected chi connectivity index (χ4v) is 4.70. The summed E-state index contributed by atoms with van der Waals surface area (Å²) in [5.41, 5.74) is 8.46. The molecule has 4 rings (SSSR count). The zero-order valence-corrected chi connectivity index (χ0v) is 23.9. The lowest BCUT2D eigenvalue weighted by Crippen LogP contribution is -2.58. The molecule has 4 aromatic rings. The summed E-state index contributed by atoms with van der Waals surface area (Å²) in [4.78, 5) is 61.8. The van der Waals surface area contributed by atoms with Gasteiger partial charge >= 0.3 is 5.97 Å². The fraction of sp³-hybridized carbons (Fsp3) is 0.276. The summed E-state index contributed by atoms with van der Waals surface area (Å²) in [5.74, 6) is -3.24. The molecule has 2 aromatic carbocycles. The third-order valence-corrected chi connectivity index (χ3v) is 7.26. The zero-order valence-electron chi connectivity index (χ0n) is 23.0.